The number of nitrogens with two attached hydrogens (primary N) is 1. The van der Waals surface area contributed by atoms with Crippen LogP contribution < -0.4 is 10.5 Å². The van der Waals surface area contributed by atoms with Crippen LogP contribution in [0.25, 0.3) is 0 Å². The van der Waals surface area contributed by atoms with E-state index in [1.165, 1.54) is 6.42 Å². The predicted molar refractivity (Wildman–Crippen MR) is 72.8 cm³/mol. The zero-order valence-corrected chi connectivity index (χ0v) is 11.4. The Balaban J connectivity index is 2.20. The largest absolute Gasteiger partial charge is 0.508 e. The van der Waals surface area contributed by atoms with Gasteiger partial charge in [0.1, 0.15) is 17.1 Å². The van der Waals surface area contributed by atoms with Gasteiger partial charge < -0.3 is 15.6 Å². The van der Waals surface area contributed by atoms with Crippen molar-refractivity contribution in [1.29, 1.82) is 0 Å². The van der Waals surface area contributed by atoms with Crippen molar-refractivity contribution in [3.63, 3.8) is 0 Å². The fourth-order valence-corrected chi connectivity index (χ4v) is 2.27. The van der Waals surface area contributed by atoms with Gasteiger partial charge in [-0.25, -0.2) is 0 Å². The normalized spacial score (nSPS) is 18.2. The Bertz CT molecular complexity index is 419. The van der Waals surface area contributed by atoms with Crippen molar-refractivity contribution in [3.05, 3.63) is 23.8 Å². The third-order valence-electron chi connectivity index (χ3n) is 3.44. The average Bonchev–Trinajstić information content (AvgIpc) is 2.16. The SMILES string of the molecule is CC(C)(C)Oc1ccc(O)c([C@@H](N)C2CCC2)c1. The molecule has 0 radical (unpaired) electrons. The molecule has 0 spiro atoms. The van der Waals surface area contributed by atoms with Crippen molar-refractivity contribution in [2.24, 2.45) is 11.7 Å². The second-order valence-electron chi connectivity index (χ2n) is 6.15. The van der Waals surface area contributed by atoms with Crippen LogP contribution in [0.15, 0.2) is 18.2 Å². The molecule has 0 heterocycles. The molecule has 0 aromatic heterocycles. The maximum Gasteiger partial charge on any atom is 0.120 e. The third kappa shape index (κ3) is 2.96. The lowest BCUT2D eigenvalue weighted by Crippen LogP contribution is -2.27. The van der Waals surface area contributed by atoms with E-state index in [0.29, 0.717) is 5.92 Å². The first-order valence-electron chi connectivity index (χ1n) is 6.64. The highest BCUT2D eigenvalue weighted by atomic mass is 16.5. The van der Waals surface area contributed by atoms with Gasteiger partial charge in [-0.15, -0.1) is 0 Å². The number of hydrogen-bond donors (Lipinski definition) is 2. The summed E-state index contributed by atoms with van der Waals surface area (Å²) in [7, 11) is 0. The molecule has 0 saturated heterocycles. The first-order valence-corrected chi connectivity index (χ1v) is 6.64. The second kappa shape index (κ2) is 4.81. The highest BCUT2D eigenvalue weighted by Crippen LogP contribution is 2.40. The molecule has 100 valence electrons. The molecule has 1 aliphatic carbocycles. The first kappa shape index (κ1) is 13.2. The highest BCUT2D eigenvalue weighted by molar-refractivity contribution is 5.41. The van der Waals surface area contributed by atoms with Crippen molar-refractivity contribution in [2.45, 2.75) is 51.7 Å². The minimum atomic E-state index is -0.241. The Kier molecular flexibility index (Phi) is 3.53. The summed E-state index contributed by atoms with van der Waals surface area (Å²) in [5.74, 6) is 1.54. The fraction of sp³-hybridized carbons (Fsp3) is 0.600. The van der Waals surface area contributed by atoms with E-state index in [2.05, 4.69) is 0 Å². The number of benzene rings is 1. The van der Waals surface area contributed by atoms with Crippen molar-refractivity contribution >= 4 is 0 Å². The summed E-state index contributed by atoms with van der Waals surface area (Å²) < 4.78 is 5.81. The molecule has 3 heteroatoms. The number of rotatable bonds is 3. The Morgan fingerprint density at radius 3 is 2.50 bits per heavy atom. The number of hydrogen-bond acceptors (Lipinski definition) is 3. The number of ether oxygens (including phenoxy) is 1. The van der Waals surface area contributed by atoms with E-state index in [0.717, 1.165) is 24.2 Å². The van der Waals surface area contributed by atoms with E-state index in [1.807, 2.05) is 26.8 Å². The van der Waals surface area contributed by atoms with Gasteiger partial charge in [0, 0.05) is 11.6 Å². The smallest absolute Gasteiger partial charge is 0.120 e. The number of phenolic OH excluding ortho intramolecular Hbond substituents is 1. The van der Waals surface area contributed by atoms with Gasteiger partial charge in [0.25, 0.3) is 0 Å². The molecular weight excluding hydrogens is 226 g/mol. The quantitative estimate of drug-likeness (QED) is 0.863. The van der Waals surface area contributed by atoms with E-state index in [-0.39, 0.29) is 17.4 Å². The molecule has 1 aromatic rings. The molecular formula is C15H23NO2. The van der Waals surface area contributed by atoms with Crippen LogP contribution in [0.4, 0.5) is 0 Å². The van der Waals surface area contributed by atoms with Crippen LogP contribution in [-0.2, 0) is 0 Å². The lowest BCUT2D eigenvalue weighted by molar-refractivity contribution is 0.130. The zero-order valence-electron chi connectivity index (χ0n) is 11.4. The highest BCUT2D eigenvalue weighted by Gasteiger charge is 2.27. The summed E-state index contributed by atoms with van der Waals surface area (Å²) in [6.45, 7) is 6.02. The Morgan fingerprint density at radius 2 is 2.00 bits per heavy atom. The average molecular weight is 249 g/mol. The molecule has 0 unspecified atom stereocenters. The molecule has 1 aliphatic rings. The molecule has 3 nitrogen and oxygen atoms in total. The summed E-state index contributed by atoms with van der Waals surface area (Å²) in [4.78, 5) is 0. The lowest BCUT2D eigenvalue weighted by atomic mass is 9.77. The molecule has 1 fully saturated rings. The van der Waals surface area contributed by atoms with Crippen LogP contribution in [0.1, 0.15) is 51.6 Å². The van der Waals surface area contributed by atoms with Crippen LogP contribution in [0.2, 0.25) is 0 Å². The monoisotopic (exact) mass is 249 g/mol. The minimum Gasteiger partial charge on any atom is -0.508 e. The molecule has 0 aliphatic heterocycles. The van der Waals surface area contributed by atoms with Gasteiger partial charge >= 0.3 is 0 Å². The summed E-state index contributed by atoms with van der Waals surface area (Å²) in [6.07, 6.45) is 3.56. The van der Waals surface area contributed by atoms with Gasteiger partial charge in [-0.3, -0.25) is 0 Å². The van der Waals surface area contributed by atoms with Gasteiger partial charge in [0.05, 0.1) is 0 Å². The summed E-state index contributed by atoms with van der Waals surface area (Å²) in [6, 6.07) is 5.26. The van der Waals surface area contributed by atoms with Crippen molar-refractivity contribution in [2.75, 3.05) is 0 Å². The van der Waals surface area contributed by atoms with E-state index in [9.17, 15) is 5.11 Å². The molecule has 2 rings (SSSR count). The summed E-state index contributed by atoms with van der Waals surface area (Å²) >= 11 is 0. The maximum atomic E-state index is 9.94. The topological polar surface area (TPSA) is 55.5 Å². The van der Waals surface area contributed by atoms with Crippen LogP contribution >= 0.6 is 0 Å². The van der Waals surface area contributed by atoms with Crippen molar-refractivity contribution in [1.82, 2.24) is 0 Å². The summed E-state index contributed by atoms with van der Waals surface area (Å²) in [5, 5.41) is 9.94. The van der Waals surface area contributed by atoms with Crippen LogP contribution in [0.3, 0.4) is 0 Å². The molecule has 18 heavy (non-hydrogen) atoms. The van der Waals surface area contributed by atoms with E-state index in [4.69, 9.17) is 10.5 Å². The summed E-state index contributed by atoms with van der Waals surface area (Å²) in [5.41, 5.74) is 6.78. The Morgan fingerprint density at radius 1 is 1.33 bits per heavy atom. The lowest BCUT2D eigenvalue weighted by Gasteiger charge is -2.32. The fourth-order valence-electron chi connectivity index (χ4n) is 2.27. The van der Waals surface area contributed by atoms with Crippen LogP contribution in [0.5, 0.6) is 11.5 Å². The maximum absolute atomic E-state index is 9.94. The van der Waals surface area contributed by atoms with Crippen LogP contribution in [-0.4, -0.2) is 10.7 Å². The van der Waals surface area contributed by atoms with E-state index in [1.54, 1.807) is 12.1 Å². The van der Waals surface area contributed by atoms with Gasteiger partial charge in [-0.2, -0.15) is 0 Å². The Hall–Kier alpha value is -1.22. The molecule has 0 bridgehead atoms. The number of aromatic hydroxyl groups is 1. The Labute approximate surface area is 109 Å². The van der Waals surface area contributed by atoms with Crippen LogP contribution in [0, 0.1) is 5.92 Å². The molecule has 3 N–H and O–H groups in total. The standard InChI is InChI=1S/C15H23NO2/c1-15(2,3)18-11-7-8-13(17)12(9-11)14(16)10-5-4-6-10/h7-10,14,17H,4-6,16H2,1-3H3/t14-/m0/s1. The number of phenols is 1. The van der Waals surface area contributed by atoms with Gasteiger partial charge in [0.2, 0.25) is 0 Å². The van der Waals surface area contributed by atoms with Gasteiger partial charge in [-0.05, 0) is 57.7 Å². The molecule has 1 aromatic carbocycles. The second-order valence-corrected chi connectivity index (χ2v) is 6.15. The third-order valence-corrected chi connectivity index (χ3v) is 3.44. The molecule has 0 amide bonds. The van der Waals surface area contributed by atoms with Crippen molar-refractivity contribution in [3.8, 4) is 11.5 Å². The molecule has 1 atom stereocenters. The van der Waals surface area contributed by atoms with E-state index >= 15 is 0 Å². The van der Waals surface area contributed by atoms with Gasteiger partial charge in [-0.1, -0.05) is 6.42 Å². The van der Waals surface area contributed by atoms with Crippen molar-refractivity contribution < 1.29 is 9.84 Å². The first-order chi connectivity index (χ1) is 8.37. The predicted octanol–water partition coefficient (Wildman–Crippen LogP) is 3.37. The van der Waals surface area contributed by atoms with Gasteiger partial charge in [0.15, 0.2) is 0 Å². The molecule has 1 saturated carbocycles. The van der Waals surface area contributed by atoms with E-state index < -0.39 is 0 Å². The zero-order chi connectivity index (χ0) is 13.3. The minimum absolute atomic E-state index is 0.0812.